The molecule has 0 spiro atoms. The number of aromatic nitrogens is 1. The second kappa shape index (κ2) is 5.68. The van der Waals surface area contributed by atoms with E-state index in [1.54, 1.807) is 6.20 Å². The molecule has 0 fully saturated rings. The summed E-state index contributed by atoms with van der Waals surface area (Å²) in [5, 5.41) is 3.58. The molecule has 0 amide bonds. The van der Waals surface area contributed by atoms with Gasteiger partial charge in [-0.15, -0.1) is 11.3 Å². The van der Waals surface area contributed by atoms with Gasteiger partial charge in [-0.05, 0) is 13.5 Å². The van der Waals surface area contributed by atoms with E-state index in [0.717, 1.165) is 16.3 Å². The highest BCUT2D eigenvalue weighted by Crippen LogP contribution is 2.28. The Morgan fingerprint density at radius 1 is 1.53 bits per heavy atom. The normalized spacial score (nSPS) is 13.8. The zero-order valence-corrected chi connectivity index (χ0v) is 10.8. The van der Waals surface area contributed by atoms with E-state index in [1.165, 1.54) is 18.4 Å². The summed E-state index contributed by atoms with van der Waals surface area (Å²) >= 11 is 1.28. The van der Waals surface area contributed by atoms with Crippen LogP contribution in [0.15, 0.2) is 6.20 Å². The van der Waals surface area contributed by atoms with Crippen LogP contribution in [0.4, 0.5) is 18.3 Å². The summed E-state index contributed by atoms with van der Waals surface area (Å²) in [6.07, 6.45) is -2.58. The lowest BCUT2D eigenvalue weighted by Crippen LogP contribution is -2.30. The maximum absolute atomic E-state index is 12.2. The molecule has 0 aromatic carbocycles. The van der Waals surface area contributed by atoms with Gasteiger partial charge in [0.2, 0.25) is 0 Å². The standard InChI is InChI=1S/C10H16F3N3S/c1-4-14-7(2)8-5-15-9(17-8)16(3)6-10(11,12)13/h5,7,14H,4,6H2,1-3H3. The molecular formula is C10H16F3N3S. The molecule has 1 aromatic rings. The summed E-state index contributed by atoms with van der Waals surface area (Å²) < 4.78 is 36.6. The lowest BCUT2D eigenvalue weighted by Gasteiger charge is -2.17. The Bertz CT molecular complexity index is 351. The van der Waals surface area contributed by atoms with Crippen LogP contribution in [0.3, 0.4) is 0 Å². The predicted molar refractivity (Wildman–Crippen MR) is 63.5 cm³/mol. The molecule has 1 heterocycles. The zero-order chi connectivity index (χ0) is 13.1. The van der Waals surface area contributed by atoms with E-state index < -0.39 is 12.7 Å². The van der Waals surface area contributed by atoms with Crippen LogP contribution >= 0.6 is 11.3 Å². The molecule has 1 aromatic heterocycles. The van der Waals surface area contributed by atoms with Gasteiger partial charge in [0, 0.05) is 24.2 Å². The van der Waals surface area contributed by atoms with Gasteiger partial charge in [-0.2, -0.15) is 13.2 Å². The van der Waals surface area contributed by atoms with Crippen molar-refractivity contribution in [2.75, 3.05) is 25.0 Å². The van der Waals surface area contributed by atoms with Gasteiger partial charge in [-0.25, -0.2) is 4.98 Å². The molecule has 0 aliphatic carbocycles. The third kappa shape index (κ3) is 4.51. The van der Waals surface area contributed by atoms with Crippen LogP contribution in [-0.4, -0.2) is 31.3 Å². The first-order valence-electron chi connectivity index (χ1n) is 5.30. The minimum atomic E-state index is -4.20. The summed E-state index contributed by atoms with van der Waals surface area (Å²) in [6.45, 7) is 3.78. The first-order chi connectivity index (χ1) is 7.83. The summed E-state index contributed by atoms with van der Waals surface area (Å²) in [5.41, 5.74) is 0. The van der Waals surface area contributed by atoms with Gasteiger partial charge in [0.05, 0.1) is 0 Å². The van der Waals surface area contributed by atoms with E-state index in [9.17, 15) is 13.2 Å². The largest absolute Gasteiger partial charge is 0.405 e. The third-order valence-electron chi connectivity index (χ3n) is 2.19. The molecular weight excluding hydrogens is 251 g/mol. The van der Waals surface area contributed by atoms with Crippen LogP contribution < -0.4 is 10.2 Å². The SMILES string of the molecule is CCNC(C)c1cnc(N(C)CC(F)(F)F)s1. The zero-order valence-electron chi connectivity index (χ0n) is 10.0. The maximum atomic E-state index is 12.2. The van der Waals surface area contributed by atoms with E-state index in [-0.39, 0.29) is 6.04 Å². The molecule has 3 nitrogen and oxygen atoms in total. The number of nitrogens with one attached hydrogen (secondary N) is 1. The van der Waals surface area contributed by atoms with Crippen LogP contribution in [-0.2, 0) is 0 Å². The number of nitrogens with zero attached hydrogens (tertiary/aromatic N) is 2. The molecule has 0 aliphatic rings. The molecule has 7 heteroatoms. The second-order valence-corrected chi connectivity index (χ2v) is 4.84. The van der Waals surface area contributed by atoms with E-state index in [4.69, 9.17) is 0 Å². The number of hydrogen-bond donors (Lipinski definition) is 1. The fourth-order valence-electron chi connectivity index (χ4n) is 1.40. The van der Waals surface area contributed by atoms with E-state index >= 15 is 0 Å². The topological polar surface area (TPSA) is 28.2 Å². The monoisotopic (exact) mass is 267 g/mol. The molecule has 0 aliphatic heterocycles. The van der Waals surface area contributed by atoms with Crippen LogP contribution in [0.25, 0.3) is 0 Å². The van der Waals surface area contributed by atoms with Gasteiger partial charge in [0.1, 0.15) is 6.54 Å². The van der Waals surface area contributed by atoms with Crippen LogP contribution in [0, 0.1) is 0 Å². The van der Waals surface area contributed by atoms with Gasteiger partial charge in [-0.3, -0.25) is 0 Å². The van der Waals surface area contributed by atoms with Gasteiger partial charge >= 0.3 is 6.18 Å². The smallest absolute Gasteiger partial charge is 0.342 e. The molecule has 1 rings (SSSR count). The van der Waals surface area contributed by atoms with Gasteiger partial charge in [-0.1, -0.05) is 6.92 Å². The third-order valence-corrected chi connectivity index (χ3v) is 3.49. The summed E-state index contributed by atoms with van der Waals surface area (Å²) in [4.78, 5) is 6.07. The lowest BCUT2D eigenvalue weighted by molar-refractivity contribution is -0.119. The van der Waals surface area contributed by atoms with Crippen LogP contribution in [0.2, 0.25) is 0 Å². The second-order valence-electron chi connectivity index (χ2n) is 3.80. The number of hydrogen-bond acceptors (Lipinski definition) is 4. The average molecular weight is 267 g/mol. The van der Waals surface area contributed by atoms with E-state index in [1.807, 2.05) is 13.8 Å². The van der Waals surface area contributed by atoms with Crippen molar-refractivity contribution >= 4 is 16.5 Å². The first-order valence-corrected chi connectivity index (χ1v) is 6.12. The number of rotatable bonds is 5. The summed E-state index contributed by atoms with van der Waals surface area (Å²) in [5.74, 6) is 0. The Labute approximate surface area is 103 Å². The van der Waals surface area contributed by atoms with Crippen molar-refractivity contribution in [2.24, 2.45) is 0 Å². The molecule has 1 N–H and O–H groups in total. The highest BCUT2D eigenvalue weighted by molar-refractivity contribution is 7.15. The van der Waals surface area contributed by atoms with Crippen molar-refractivity contribution in [3.05, 3.63) is 11.1 Å². The molecule has 0 bridgehead atoms. The maximum Gasteiger partial charge on any atom is 0.405 e. The fraction of sp³-hybridized carbons (Fsp3) is 0.700. The van der Waals surface area contributed by atoms with Crippen molar-refractivity contribution < 1.29 is 13.2 Å². The highest BCUT2D eigenvalue weighted by atomic mass is 32.1. The number of alkyl halides is 3. The van der Waals surface area contributed by atoms with Gasteiger partial charge < -0.3 is 10.2 Å². The predicted octanol–water partition coefficient (Wildman–Crippen LogP) is 2.81. The Balaban J connectivity index is 2.67. The van der Waals surface area contributed by atoms with Crippen molar-refractivity contribution in [1.29, 1.82) is 0 Å². The molecule has 0 radical (unpaired) electrons. The van der Waals surface area contributed by atoms with E-state index in [2.05, 4.69) is 10.3 Å². The van der Waals surface area contributed by atoms with Crippen LogP contribution in [0.1, 0.15) is 24.8 Å². The molecule has 17 heavy (non-hydrogen) atoms. The highest BCUT2D eigenvalue weighted by Gasteiger charge is 2.30. The Hall–Kier alpha value is -0.820. The summed E-state index contributed by atoms with van der Waals surface area (Å²) in [7, 11) is 1.40. The summed E-state index contributed by atoms with van der Waals surface area (Å²) in [6, 6.07) is 0.116. The number of halogens is 3. The van der Waals surface area contributed by atoms with E-state index in [0.29, 0.717) is 5.13 Å². The van der Waals surface area contributed by atoms with Crippen molar-refractivity contribution in [3.63, 3.8) is 0 Å². The first kappa shape index (κ1) is 14.2. The molecule has 98 valence electrons. The Morgan fingerprint density at radius 3 is 2.71 bits per heavy atom. The minimum absolute atomic E-state index is 0.116. The minimum Gasteiger partial charge on any atom is -0.342 e. The Kier molecular flexibility index (Phi) is 4.76. The quantitative estimate of drug-likeness (QED) is 0.889. The lowest BCUT2D eigenvalue weighted by atomic mass is 10.3. The number of thiazole rings is 1. The molecule has 0 saturated carbocycles. The molecule has 1 unspecified atom stereocenters. The molecule has 0 saturated heterocycles. The Morgan fingerprint density at radius 2 is 2.18 bits per heavy atom. The average Bonchev–Trinajstić information content (AvgIpc) is 2.63. The van der Waals surface area contributed by atoms with Crippen molar-refractivity contribution in [2.45, 2.75) is 26.1 Å². The van der Waals surface area contributed by atoms with Crippen LogP contribution in [0.5, 0.6) is 0 Å². The van der Waals surface area contributed by atoms with Gasteiger partial charge in [0.15, 0.2) is 5.13 Å². The van der Waals surface area contributed by atoms with Gasteiger partial charge in [0.25, 0.3) is 0 Å². The number of anilines is 1. The fourth-order valence-corrected chi connectivity index (χ4v) is 2.30. The van der Waals surface area contributed by atoms with Crippen molar-refractivity contribution in [1.82, 2.24) is 10.3 Å². The van der Waals surface area contributed by atoms with Crippen molar-refractivity contribution in [3.8, 4) is 0 Å². The molecule has 1 atom stereocenters.